The molecule has 27 heavy (non-hydrogen) atoms. The molecule has 0 spiro atoms. The molecule has 4 rings (SSSR count). The Balaban J connectivity index is 1.76. The lowest BCUT2D eigenvalue weighted by molar-refractivity contribution is 1.26. The summed E-state index contributed by atoms with van der Waals surface area (Å²) < 4.78 is 9.04. The molecule has 1 aromatic heterocycles. The molecular formula is C22H14N4S. The lowest BCUT2D eigenvalue weighted by Crippen LogP contribution is -1.88. The van der Waals surface area contributed by atoms with E-state index in [9.17, 15) is 0 Å². The molecule has 0 radical (unpaired) electrons. The molecule has 0 bridgehead atoms. The number of hydrogen-bond acceptors (Lipinski definition) is 5. The first-order valence-corrected chi connectivity index (χ1v) is 9.21. The van der Waals surface area contributed by atoms with Gasteiger partial charge in [0, 0.05) is 11.1 Å². The fourth-order valence-corrected chi connectivity index (χ4v) is 3.69. The van der Waals surface area contributed by atoms with Crippen molar-refractivity contribution in [2.75, 3.05) is 0 Å². The second-order valence-corrected chi connectivity index (χ2v) is 6.71. The lowest BCUT2D eigenvalue weighted by Gasteiger charge is -2.08. The average Bonchev–Trinajstić information content (AvgIpc) is 3.19. The van der Waals surface area contributed by atoms with Crippen molar-refractivity contribution in [3.63, 3.8) is 0 Å². The summed E-state index contributed by atoms with van der Waals surface area (Å²) in [7, 11) is 0. The number of aromatic nitrogens is 2. The van der Waals surface area contributed by atoms with E-state index in [0.29, 0.717) is 12.8 Å². The number of nitriles is 2. The summed E-state index contributed by atoms with van der Waals surface area (Å²) in [4.78, 5) is 0. The lowest BCUT2D eigenvalue weighted by atomic mass is 9.96. The number of fused-ring (bicyclic) bond motifs is 1. The molecule has 0 saturated carbocycles. The van der Waals surface area contributed by atoms with E-state index in [4.69, 9.17) is 10.5 Å². The Morgan fingerprint density at radius 2 is 1.04 bits per heavy atom. The topological polar surface area (TPSA) is 73.4 Å². The van der Waals surface area contributed by atoms with Crippen molar-refractivity contribution in [3.05, 3.63) is 71.8 Å². The van der Waals surface area contributed by atoms with Gasteiger partial charge in [-0.3, -0.25) is 0 Å². The van der Waals surface area contributed by atoms with Gasteiger partial charge in [-0.1, -0.05) is 60.7 Å². The molecule has 5 heteroatoms. The van der Waals surface area contributed by atoms with Gasteiger partial charge in [0.15, 0.2) is 0 Å². The van der Waals surface area contributed by atoms with Gasteiger partial charge in [0.25, 0.3) is 0 Å². The van der Waals surface area contributed by atoms with Gasteiger partial charge in [-0.25, -0.2) is 0 Å². The maximum Gasteiger partial charge on any atom is 0.113 e. The van der Waals surface area contributed by atoms with Crippen molar-refractivity contribution in [1.82, 2.24) is 8.75 Å². The second kappa shape index (κ2) is 7.37. The first-order valence-electron chi connectivity index (χ1n) is 8.48. The van der Waals surface area contributed by atoms with Crippen molar-refractivity contribution in [2.45, 2.75) is 12.8 Å². The van der Waals surface area contributed by atoms with Crippen molar-refractivity contribution in [1.29, 1.82) is 10.5 Å². The van der Waals surface area contributed by atoms with Crippen molar-refractivity contribution in [2.24, 2.45) is 0 Å². The normalized spacial score (nSPS) is 10.4. The van der Waals surface area contributed by atoms with E-state index in [0.717, 1.165) is 44.4 Å². The smallest absolute Gasteiger partial charge is 0.113 e. The highest BCUT2D eigenvalue weighted by molar-refractivity contribution is 7.00. The van der Waals surface area contributed by atoms with Crippen LogP contribution < -0.4 is 0 Å². The van der Waals surface area contributed by atoms with Gasteiger partial charge in [-0.05, 0) is 22.3 Å². The summed E-state index contributed by atoms with van der Waals surface area (Å²) in [6.07, 6.45) is 0.823. The molecule has 0 amide bonds. The first kappa shape index (κ1) is 16.9. The minimum absolute atomic E-state index is 0.411. The fourth-order valence-electron chi connectivity index (χ4n) is 3.12. The van der Waals surface area contributed by atoms with Crippen LogP contribution in [-0.2, 0) is 12.8 Å². The summed E-state index contributed by atoms with van der Waals surface area (Å²) in [5, 5.41) is 17.6. The van der Waals surface area contributed by atoms with E-state index < -0.39 is 0 Å². The fraction of sp³-hybridized carbons (Fsp3) is 0.0909. The van der Waals surface area contributed by atoms with Crippen LogP contribution in [0.15, 0.2) is 60.7 Å². The highest BCUT2D eigenvalue weighted by atomic mass is 32.1. The van der Waals surface area contributed by atoms with Gasteiger partial charge in [-0.15, -0.1) is 0 Å². The Labute approximate surface area is 161 Å². The summed E-state index contributed by atoms with van der Waals surface area (Å²) in [5.41, 5.74) is 7.96. The first-order chi connectivity index (χ1) is 13.3. The molecule has 0 aliphatic heterocycles. The molecule has 0 fully saturated rings. The van der Waals surface area contributed by atoms with Gasteiger partial charge in [-0.2, -0.15) is 19.3 Å². The van der Waals surface area contributed by atoms with E-state index in [1.807, 2.05) is 48.5 Å². The number of nitrogens with zero attached hydrogens (tertiary/aromatic N) is 4. The highest BCUT2D eigenvalue weighted by Crippen LogP contribution is 2.34. The molecule has 1 heterocycles. The molecule has 0 aliphatic rings. The Hall–Kier alpha value is -3.54. The Morgan fingerprint density at radius 1 is 0.630 bits per heavy atom. The molecule has 4 aromatic rings. The van der Waals surface area contributed by atoms with Crippen LogP contribution in [0, 0.1) is 22.7 Å². The van der Waals surface area contributed by atoms with Gasteiger partial charge in [0.05, 0.1) is 36.7 Å². The summed E-state index contributed by atoms with van der Waals surface area (Å²) in [6.45, 7) is 0. The molecule has 0 aliphatic carbocycles. The van der Waals surface area contributed by atoms with Crippen molar-refractivity contribution < 1.29 is 0 Å². The monoisotopic (exact) mass is 366 g/mol. The van der Waals surface area contributed by atoms with Crippen LogP contribution in [-0.4, -0.2) is 8.75 Å². The van der Waals surface area contributed by atoms with Crippen LogP contribution >= 0.6 is 11.7 Å². The largest absolute Gasteiger partial charge is 0.198 e. The minimum Gasteiger partial charge on any atom is -0.198 e. The second-order valence-electron chi connectivity index (χ2n) is 6.19. The maximum absolute atomic E-state index is 8.82. The van der Waals surface area contributed by atoms with Crippen LogP contribution in [0.4, 0.5) is 0 Å². The number of rotatable bonds is 4. The zero-order valence-corrected chi connectivity index (χ0v) is 15.2. The predicted molar refractivity (Wildman–Crippen MR) is 107 cm³/mol. The standard InChI is InChI=1S/C22H14N4S/c23-13-11-15-1-5-17(6-2-15)19-9-10-20(22-21(19)25-27-26-22)18-7-3-16(4-8-18)12-14-24/h1-10H,11-12H2. The van der Waals surface area contributed by atoms with Gasteiger partial charge in [0.1, 0.15) is 11.0 Å². The molecule has 0 unspecified atom stereocenters. The van der Waals surface area contributed by atoms with E-state index in [1.165, 1.54) is 11.7 Å². The Bertz CT molecular complexity index is 1080. The third-order valence-electron chi connectivity index (χ3n) is 4.51. The predicted octanol–water partition coefficient (Wildman–Crippen LogP) is 5.16. The minimum atomic E-state index is 0.411. The Morgan fingerprint density at radius 3 is 1.41 bits per heavy atom. The van der Waals surface area contributed by atoms with E-state index in [-0.39, 0.29) is 0 Å². The quantitative estimate of drug-likeness (QED) is 0.500. The van der Waals surface area contributed by atoms with Crippen molar-refractivity contribution >= 4 is 22.8 Å². The number of benzene rings is 3. The van der Waals surface area contributed by atoms with Crippen molar-refractivity contribution in [3.8, 4) is 34.4 Å². The summed E-state index contributed by atoms with van der Waals surface area (Å²) >= 11 is 1.21. The molecule has 3 aromatic carbocycles. The third kappa shape index (κ3) is 3.29. The average molecular weight is 366 g/mol. The van der Waals surface area contributed by atoms with Crippen LogP contribution in [0.3, 0.4) is 0 Å². The van der Waals surface area contributed by atoms with Gasteiger partial charge >= 0.3 is 0 Å². The molecular weight excluding hydrogens is 352 g/mol. The van der Waals surface area contributed by atoms with Crippen LogP contribution in [0.25, 0.3) is 33.3 Å². The van der Waals surface area contributed by atoms with E-state index in [2.05, 4.69) is 33.0 Å². The molecule has 0 atom stereocenters. The van der Waals surface area contributed by atoms with Gasteiger partial charge < -0.3 is 0 Å². The van der Waals surface area contributed by atoms with Crippen LogP contribution in [0.5, 0.6) is 0 Å². The number of hydrogen-bond donors (Lipinski definition) is 0. The molecule has 0 saturated heterocycles. The SMILES string of the molecule is N#CCc1ccc(-c2ccc(-c3ccc(CC#N)cc3)c3nsnc23)cc1. The van der Waals surface area contributed by atoms with Crippen LogP contribution in [0.2, 0.25) is 0 Å². The summed E-state index contributed by atoms with van der Waals surface area (Å²) in [5.74, 6) is 0. The zero-order chi connectivity index (χ0) is 18.6. The molecule has 128 valence electrons. The summed E-state index contributed by atoms with van der Waals surface area (Å²) in [6, 6.07) is 24.5. The van der Waals surface area contributed by atoms with E-state index >= 15 is 0 Å². The molecule has 0 N–H and O–H groups in total. The van der Waals surface area contributed by atoms with Gasteiger partial charge in [0.2, 0.25) is 0 Å². The maximum atomic E-state index is 8.82. The Kier molecular flexibility index (Phi) is 4.61. The third-order valence-corrected chi connectivity index (χ3v) is 5.04. The van der Waals surface area contributed by atoms with Crippen LogP contribution in [0.1, 0.15) is 11.1 Å². The van der Waals surface area contributed by atoms with E-state index in [1.54, 1.807) is 0 Å². The molecule has 4 nitrogen and oxygen atoms in total. The highest BCUT2D eigenvalue weighted by Gasteiger charge is 2.13. The zero-order valence-electron chi connectivity index (χ0n) is 14.4.